The van der Waals surface area contributed by atoms with Crippen LogP contribution >= 0.6 is 33.0 Å². The van der Waals surface area contributed by atoms with Crippen LogP contribution in [0.2, 0.25) is 0 Å². The topological polar surface area (TPSA) is 52.6 Å². The van der Waals surface area contributed by atoms with Gasteiger partial charge >= 0.3 is 5.97 Å². The van der Waals surface area contributed by atoms with Crippen molar-refractivity contribution in [1.82, 2.24) is 0 Å². The van der Waals surface area contributed by atoms with E-state index in [0.717, 1.165) is 15.9 Å². The second-order valence-electron chi connectivity index (χ2n) is 3.91. The Bertz CT molecular complexity index is 654. The summed E-state index contributed by atoms with van der Waals surface area (Å²) >= 11 is 1.18. The van der Waals surface area contributed by atoms with E-state index in [0.29, 0.717) is 16.2 Å². The summed E-state index contributed by atoms with van der Waals surface area (Å²) in [5, 5.41) is 1.73. The molecule has 0 fully saturated rings. The Morgan fingerprint density at radius 1 is 1.29 bits per heavy atom. The van der Waals surface area contributed by atoms with E-state index in [2.05, 4.69) is 4.74 Å². The Morgan fingerprint density at radius 3 is 2.76 bits per heavy atom. The number of ketones is 1. The highest BCUT2D eigenvalue weighted by molar-refractivity contribution is 8.21. The normalized spacial score (nSPS) is 10.2. The molecule has 4 nitrogen and oxygen atoms in total. The molecule has 1 heterocycles. The fourth-order valence-corrected chi connectivity index (χ4v) is 3.18. The molecule has 110 valence electrons. The number of hydrogen-bond donors (Lipinski definition) is 0. The Balaban J connectivity index is 2.13. The number of esters is 1. The third-order valence-electron chi connectivity index (χ3n) is 2.64. The van der Waals surface area contributed by atoms with Crippen LogP contribution in [0.15, 0.2) is 40.6 Å². The van der Waals surface area contributed by atoms with Crippen molar-refractivity contribution in [1.29, 1.82) is 0 Å². The van der Waals surface area contributed by atoms with E-state index < -0.39 is 11.8 Å². The number of rotatable bonds is 6. The van der Waals surface area contributed by atoms with Gasteiger partial charge in [-0.25, -0.2) is 4.79 Å². The monoisotopic (exact) mass is 342 g/mol. The quantitative estimate of drug-likeness (QED) is 0.452. The summed E-state index contributed by atoms with van der Waals surface area (Å²) in [7, 11) is 8.00. The molecule has 0 amide bonds. The lowest BCUT2D eigenvalue weighted by Crippen LogP contribution is -2.16. The average Bonchev–Trinajstić information content (AvgIpc) is 3.00. The number of benzene rings is 1. The predicted octanol–water partition coefficient (Wildman–Crippen LogP) is 3.93. The number of para-hydroxylation sites is 1. The minimum absolute atomic E-state index is 0.177. The van der Waals surface area contributed by atoms with E-state index in [9.17, 15) is 9.59 Å². The summed E-state index contributed by atoms with van der Waals surface area (Å²) in [6.45, 7) is 0.177. The second-order valence-corrected chi connectivity index (χ2v) is 5.88. The highest BCUT2D eigenvalue weighted by Crippen LogP contribution is 2.32. The van der Waals surface area contributed by atoms with Crippen LogP contribution in [0.4, 0.5) is 0 Å². The Labute approximate surface area is 134 Å². The molecule has 0 atom stereocenters. The number of methoxy groups -OCH3 is 1. The third kappa shape index (κ3) is 3.78. The van der Waals surface area contributed by atoms with E-state index in [4.69, 9.17) is 15.4 Å². The smallest absolute Gasteiger partial charge is 0.380 e. The van der Waals surface area contributed by atoms with Crippen LogP contribution in [0.5, 0.6) is 5.75 Å². The van der Waals surface area contributed by atoms with Gasteiger partial charge in [-0.1, -0.05) is 12.1 Å². The lowest BCUT2D eigenvalue weighted by atomic mass is 10.2. The van der Waals surface area contributed by atoms with Gasteiger partial charge in [-0.15, -0.1) is 11.3 Å². The van der Waals surface area contributed by atoms with Gasteiger partial charge in [0.25, 0.3) is 5.78 Å². The van der Waals surface area contributed by atoms with Gasteiger partial charge in [-0.3, -0.25) is 4.79 Å². The molecule has 2 rings (SSSR count). The van der Waals surface area contributed by atoms with Crippen LogP contribution in [0.1, 0.15) is 15.2 Å². The van der Waals surface area contributed by atoms with E-state index in [-0.39, 0.29) is 6.61 Å². The summed E-state index contributed by atoms with van der Waals surface area (Å²) in [5.41, 5.74) is 0.643. The number of halogens is 1. The highest BCUT2D eigenvalue weighted by Gasteiger charge is 2.21. The zero-order valence-electron chi connectivity index (χ0n) is 11.0. The molecule has 1 aromatic heterocycles. The first-order chi connectivity index (χ1) is 10.2. The van der Waals surface area contributed by atoms with E-state index >= 15 is 0 Å². The number of hydrogen-bond acceptors (Lipinski definition) is 6. The first-order valence-electron chi connectivity index (χ1n) is 5.86. The SMILES string of the molecule is COC(=O)C(=O)c1sccc1COc1ccccc1SCl. The van der Waals surface area contributed by atoms with Crippen molar-refractivity contribution in [2.24, 2.45) is 0 Å². The van der Waals surface area contributed by atoms with E-state index in [1.165, 1.54) is 18.4 Å². The number of carbonyl (C=O) groups is 2. The zero-order chi connectivity index (χ0) is 15.2. The predicted molar refractivity (Wildman–Crippen MR) is 83.1 cm³/mol. The maximum atomic E-state index is 11.8. The molecule has 0 aliphatic heterocycles. The fourth-order valence-electron chi connectivity index (χ4n) is 1.62. The van der Waals surface area contributed by atoms with Crippen LogP contribution in [-0.2, 0) is 16.1 Å². The number of thiophene rings is 1. The first-order valence-corrected chi connectivity index (χ1v) is 8.39. The number of Topliss-reactive ketones (excluding diaryl/α,β-unsaturated/α-hetero) is 1. The van der Waals surface area contributed by atoms with Gasteiger partial charge in [0.2, 0.25) is 0 Å². The molecular formula is C14H11ClO4S2. The van der Waals surface area contributed by atoms with Crippen LogP contribution in [0.3, 0.4) is 0 Å². The van der Waals surface area contributed by atoms with Gasteiger partial charge in [0, 0.05) is 5.56 Å². The molecule has 0 radical (unpaired) electrons. The zero-order valence-corrected chi connectivity index (χ0v) is 13.4. The Kier molecular flexibility index (Phi) is 5.67. The summed E-state index contributed by atoms with van der Waals surface area (Å²) in [5.74, 6) is -0.915. The van der Waals surface area contributed by atoms with Crippen molar-refractivity contribution in [2.45, 2.75) is 11.5 Å². The molecule has 0 saturated carbocycles. The van der Waals surface area contributed by atoms with Crippen molar-refractivity contribution in [3.63, 3.8) is 0 Å². The van der Waals surface area contributed by atoms with Crippen LogP contribution in [0.25, 0.3) is 0 Å². The maximum absolute atomic E-state index is 11.8. The molecule has 1 aromatic carbocycles. The molecule has 0 spiro atoms. The minimum Gasteiger partial charge on any atom is -0.488 e. The molecule has 0 saturated heterocycles. The van der Waals surface area contributed by atoms with Gasteiger partial charge < -0.3 is 9.47 Å². The molecule has 0 N–H and O–H groups in total. The van der Waals surface area contributed by atoms with Gasteiger partial charge in [0.15, 0.2) is 0 Å². The third-order valence-corrected chi connectivity index (χ3v) is 4.60. The van der Waals surface area contributed by atoms with E-state index in [1.807, 2.05) is 18.2 Å². The molecule has 7 heteroatoms. The van der Waals surface area contributed by atoms with Gasteiger partial charge in [0.1, 0.15) is 12.4 Å². The fraction of sp³-hybridized carbons (Fsp3) is 0.143. The van der Waals surface area contributed by atoms with Crippen molar-refractivity contribution in [3.05, 3.63) is 46.2 Å². The molecule has 2 aromatic rings. The summed E-state index contributed by atoms with van der Waals surface area (Å²) in [4.78, 5) is 24.3. The summed E-state index contributed by atoms with van der Waals surface area (Å²) < 4.78 is 10.1. The van der Waals surface area contributed by atoms with E-state index in [1.54, 1.807) is 17.5 Å². The molecule has 0 aliphatic carbocycles. The number of carbonyl (C=O) groups excluding carboxylic acids is 2. The maximum Gasteiger partial charge on any atom is 0.380 e. The lowest BCUT2D eigenvalue weighted by Gasteiger charge is -2.09. The van der Waals surface area contributed by atoms with Crippen LogP contribution < -0.4 is 4.74 Å². The second kappa shape index (κ2) is 7.49. The van der Waals surface area contributed by atoms with Gasteiger partial charge in [-0.05, 0) is 45.2 Å². The standard InChI is InChI=1S/C14H11ClO4S2/c1-18-14(17)12(16)13-9(6-7-20-13)8-19-10-4-2-3-5-11(10)21-15/h2-7H,8H2,1H3. The summed E-state index contributed by atoms with van der Waals surface area (Å²) in [6, 6.07) is 9.06. The molecule has 21 heavy (non-hydrogen) atoms. The van der Waals surface area contributed by atoms with Crippen molar-refractivity contribution in [3.8, 4) is 5.75 Å². The van der Waals surface area contributed by atoms with Crippen molar-refractivity contribution in [2.75, 3.05) is 7.11 Å². The summed E-state index contributed by atoms with van der Waals surface area (Å²) in [6.07, 6.45) is 0. The Hall–Kier alpha value is -1.50. The van der Waals surface area contributed by atoms with Crippen molar-refractivity contribution >= 4 is 44.7 Å². The Morgan fingerprint density at radius 2 is 2.05 bits per heavy atom. The molecule has 0 bridgehead atoms. The largest absolute Gasteiger partial charge is 0.488 e. The first kappa shape index (κ1) is 15.9. The highest BCUT2D eigenvalue weighted by atomic mass is 35.7. The van der Waals surface area contributed by atoms with Crippen molar-refractivity contribution < 1.29 is 19.1 Å². The number of ether oxygens (including phenoxy) is 2. The molecular weight excluding hydrogens is 332 g/mol. The molecule has 0 unspecified atom stereocenters. The lowest BCUT2D eigenvalue weighted by molar-refractivity contribution is -0.135. The van der Waals surface area contributed by atoms with Gasteiger partial charge in [0.05, 0.1) is 16.9 Å². The average molecular weight is 343 g/mol. The molecule has 0 aliphatic rings. The minimum atomic E-state index is -0.879. The van der Waals surface area contributed by atoms with Crippen LogP contribution in [0, 0.1) is 0 Å². The van der Waals surface area contributed by atoms with Gasteiger partial charge in [-0.2, -0.15) is 0 Å². The van der Waals surface area contributed by atoms with Crippen LogP contribution in [-0.4, -0.2) is 18.9 Å².